The van der Waals surface area contributed by atoms with Crippen LogP contribution in [0.15, 0.2) is 48.5 Å². The fraction of sp³-hybridized carbons (Fsp3) is 0.250. The van der Waals surface area contributed by atoms with Crippen LogP contribution in [0.4, 0.5) is 0 Å². The molecule has 0 N–H and O–H groups in total. The molecule has 0 unspecified atom stereocenters. The van der Waals surface area contributed by atoms with E-state index in [1.54, 1.807) is 12.1 Å². The van der Waals surface area contributed by atoms with Gasteiger partial charge in [0.2, 0.25) is 0 Å². The molecule has 0 aromatic heterocycles. The first-order chi connectivity index (χ1) is 10.3. The van der Waals surface area contributed by atoms with Crippen molar-refractivity contribution in [1.82, 2.24) is 0 Å². The van der Waals surface area contributed by atoms with Gasteiger partial charge < -0.3 is 0 Å². The molecule has 0 radical (unpaired) electrons. The van der Waals surface area contributed by atoms with Crippen LogP contribution in [-0.4, -0.2) is 0 Å². The van der Waals surface area contributed by atoms with Crippen LogP contribution in [-0.2, 0) is 6.42 Å². The molecule has 104 valence electrons. The Hall–Kier alpha value is -2.51. The summed E-state index contributed by atoms with van der Waals surface area (Å²) in [6, 6.07) is 17.9. The topological polar surface area (TPSA) is 23.8 Å². The van der Waals surface area contributed by atoms with Gasteiger partial charge in [0.05, 0.1) is 11.6 Å². The predicted molar refractivity (Wildman–Crippen MR) is 86.8 cm³/mol. The molecule has 0 aliphatic carbocycles. The van der Waals surface area contributed by atoms with Crippen molar-refractivity contribution in [1.29, 1.82) is 5.26 Å². The van der Waals surface area contributed by atoms with Crippen molar-refractivity contribution in [3.8, 4) is 17.9 Å². The van der Waals surface area contributed by atoms with Gasteiger partial charge in [-0.3, -0.25) is 0 Å². The lowest BCUT2D eigenvalue weighted by atomic mass is 10.1. The molecule has 1 heteroatoms. The molecule has 0 fully saturated rings. The maximum atomic E-state index is 8.75. The molecule has 2 aromatic rings. The average Bonchev–Trinajstić information content (AvgIpc) is 2.55. The minimum Gasteiger partial charge on any atom is -0.192 e. The SMILES string of the molecule is CCCCCc1ccc(C#Cc2ccc(C#N)cc2)cc1. The minimum absolute atomic E-state index is 0.664. The lowest BCUT2D eigenvalue weighted by Crippen LogP contribution is -1.85. The van der Waals surface area contributed by atoms with E-state index in [1.165, 1.54) is 24.8 Å². The largest absolute Gasteiger partial charge is 0.192 e. The van der Waals surface area contributed by atoms with Crippen LogP contribution in [0.3, 0.4) is 0 Å². The molecule has 0 saturated heterocycles. The molecule has 1 nitrogen and oxygen atoms in total. The van der Waals surface area contributed by atoms with Crippen molar-refractivity contribution >= 4 is 0 Å². The second-order valence-corrected chi connectivity index (χ2v) is 5.09. The van der Waals surface area contributed by atoms with Gasteiger partial charge in [-0.1, -0.05) is 43.7 Å². The van der Waals surface area contributed by atoms with Crippen molar-refractivity contribution in [3.63, 3.8) is 0 Å². The highest BCUT2D eigenvalue weighted by Crippen LogP contribution is 2.09. The number of nitriles is 1. The molecule has 2 rings (SSSR count). The van der Waals surface area contributed by atoms with Gasteiger partial charge in [0.15, 0.2) is 0 Å². The normalized spacial score (nSPS) is 9.52. The van der Waals surface area contributed by atoms with Gasteiger partial charge >= 0.3 is 0 Å². The van der Waals surface area contributed by atoms with Crippen LogP contribution in [0.5, 0.6) is 0 Å². The van der Waals surface area contributed by atoms with Crippen molar-refractivity contribution in [2.75, 3.05) is 0 Å². The summed E-state index contributed by atoms with van der Waals surface area (Å²) in [5.74, 6) is 6.28. The van der Waals surface area contributed by atoms with Gasteiger partial charge in [-0.25, -0.2) is 0 Å². The monoisotopic (exact) mass is 273 g/mol. The van der Waals surface area contributed by atoms with E-state index in [1.807, 2.05) is 12.1 Å². The summed E-state index contributed by atoms with van der Waals surface area (Å²) in [6.07, 6.45) is 4.96. The second kappa shape index (κ2) is 7.93. The fourth-order valence-corrected chi connectivity index (χ4v) is 2.11. The van der Waals surface area contributed by atoms with Gasteiger partial charge in [-0.15, -0.1) is 0 Å². The molecule has 0 aliphatic rings. The standard InChI is InChI=1S/C20H19N/c1-2-3-4-5-17-6-8-18(9-7-17)10-11-19-12-14-20(16-21)15-13-19/h6-9,12-15H,2-5H2,1H3. The zero-order chi connectivity index (χ0) is 14.9. The molecular formula is C20H19N. The number of hydrogen-bond acceptors (Lipinski definition) is 1. The van der Waals surface area contributed by atoms with Gasteiger partial charge in [-0.05, 0) is 54.8 Å². The van der Waals surface area contributed by atoms with E-state index in [-0.39, 0.29) is 0 Å². The molecule has 0 saturated carbocycles. The third-order valence-corrected chi connectivity index (χ3v) is 3.39. The second-order valence-electron chi connectivity index (χ2n) is 5.09. The highest BCUT2D eigenvalue weighted by Gasteiger charge is 1.94. The van der Waals surface area contributed by atoms with Gasteiger partial charge in [0, 0.05) is 11.1 Å². The number of hydrogen-bond donors (Lipinski definition) is 0. The molecule has 0 heterocycles. The maximum Gasteiger partial charge on any atom is 0.0991 e. The van der Waals surface area contributed by atoms with E-state index in [4.69, 9.17) is 5.26 Å². The predicted octanol–water partition coefficient (Wildman–Crippen LogP) is 4.69. The quantitative estimate of drug-likeness (QED) is 0.585. The molecule has 21 heavy (non-hydrogen) atoms. The number of rotatable bonds is 4. The van der Waals surface area contributed by atoms with Crippen LogP contribution >= 0.6 is 0 Å². The summed E-state index contributed by atoms with van der Waals surface area (Å²) in [5, 5.41) is 8.75. The van der Waals surface area contributed by atoms with Crippen molar-refractivity contribution < 1.29 is 0 Å². The van der Waals surface area contributed by atoms with E-state index in [9.17, 15) is 0 Å². The summed E-state index contributed by atoms with van der Waals surface area (Å²) in [5.41, 5.74) is 4.00. The van der Waals surface area contributed by atoms with Crippen molar-refractivity contribution in [3.05, 3.63) is 70.8 Å². The fourth-order valence-electron chi connectivity index (χ4n) is 2.11. The first-order valence-corrected chi connectivity index (χ1v) is 7.43. The Morgan fingerprint density at radius 1 is 0.762 bits per heavy atom. The van der Waals surface area contributed by atoms with Crippen LogP contribution in [0.25, 0.3) is 0 Å². The minimum atomic E-state index is 0.664. The molecule has 2 aromatic carbocycles. The molecular weight excluding hydrogens is 254 g/mol. The van der Waals surface area contributed by atoms with Crippen molar-refractivity contribution in [2.45, 2.75) is 32.6 Å². The summed E-state index contributed by atoms with van der Waals surface area (Å²) >= 11 is 0. The van der Waals surface area contributed by atoms with E-state index >= 15 is 0 Å². The Balaban J connectivity index is 2.00. The van der Waals surface area contributed by atoms with E-state index in [2.05, 4.69) is 49.1 Å². The van der Waals surface area contributed by atoms with Gasteiger partial charge in [0.25, 0.3) is 0 Å². The Labute approximate surface area is 127 Å². The highest BCUT2D eigenvalue weighted by atomic mass is 14.2. The Morgan fingerprint density at radius 3 is 1.81 bits per heavy atom. The van der Waals surface area contributed by atoms with Crippen LogP contribution in [0.1, 0.15) is 48.4 Å². The zero-order valence-corrected chi connectivity index (χ0v) is 12.4. The van der Waals surface area contributed by atoms with E-state index in [0.717, 1.165) is 17.5 Å². The third kappa shape index (κ3) is 4.83. The number of unbranched alkanes of at least 4 members (excludes halogenated alkanes) is 2. The average molecular weight is 273 g/mol. The maximum absolute atomic E-state index is 8.75. The van der Waals surface area contributed by atoms with Gasteiger partial charge in [0.1, 0.15) is 0 Å². The molecule has 0 spiro atoms. The third-order valence-electron chi connectivity index (χ3n) is 3.39. The van der Waals surface area contributed by atoms with Crippen LogP contribution in [0, 0.1) is 23.2 Å². The number of aryl methyl sites for hydroxylation is 1. The van der Waals surface area contributed by atoms with E-state index < -0.39 is 0 Å². The summed E-state index contributed by atoms with van der Waals surface area (Å²) in [4.78, 5) is 0. The smallest absolute Gasteiger partial charge is 0.0991 e. The summed E-state index contributed by atoms with van der Waals surface area (Å²) < 4.78 is 0. The first kappa shape index (κ1) is 14.9. The molecule has 0 aliphatic heterocycles. The Kier molecular flexibility index (Phi) is 5.62. The van der Waals surface area contributed by atoms with Gasteiger partial charge in [-0.2, -0.15) is 5.26 Å². The first-order valence-electron chi connectivity index (χ1n) is 7.43. The Morgan fingerprint density at radius 2 is 1.29 bits per heavy atom. The summed E-state index contributed by atoms with van der Waals surface area (Å²) in [7, 11) is 0. The summed E-state index contributed by atoms with van der Waals surface area (Å²) in [6.45, 7) is 2.22. The molecule has 0 amide bonds. The zero-order valence-electron chi connectivity index (χ0n) is 12.4. The number of benzene rings is 2. The Bertz CT molecular complexity index is 661. The lowest BCUT2D eigenvalue weighted by molar-refractivity contribution is 0.717. The molecule has 0 bridgehead atoms. The van der Waals surface area contributed by atoms with Crippen LogP contribution < -0.4 is 0 Å². The van der Waals surface area contributed by atoms with E-state index in [0.29, 0.717) is 5.56 Å². The number of nitrogens with zero attached hydrogens (tertiary/aromatic N) is 1. The lowest BCUT2D eigenvalue weighted by Gasteiger charge is -2.00. The van der Waals surface area contributed by atoms with Crippen LogP contribution in [0.2, 0.25) is 0 Å². The molecule has 0 atom stereocenters. The van der Waals surface area contributed by atoms with Crippen molar-refractivity contribution in [2.24, 2.45) is 0 Å². The highest BCUT2D eigenvalue weighted by molar-refractivity contribution is 5.45.